The number of rotatable bonds is 8. The summed E-state index contributed by atoms with van der Waals surface area (Å²) in [7, 11) is -3.36. The Morgan fingerprint density at radius 2 is 1.88 bits per heavy atom. The van der Waals surface area contributed by atoms with Gasteiger partial charge in [-0.25, -0.2) is 23.9 Å². The van der Waals surface area contributed by atoms with Gasteiger partial charge in [-0.05, 0) is 31.2 Å². The smallest absolute Gasteiger partial charge is 0.277 e. The summed E-state index contributed by atoms with van der Waals surface area (Å²) in [5, 5.41) is 8.68. The summed E-state index contributed by atoms with van der Waals surface area (Å²) in [5.41, 5.74) is 2.76. The Morgan fingerprint density at radius 1 is 1.25 bits per heavy atom. The maximum absolute atomic E-state index is 12.5. The zero-order chi connectivity index (χ0) is 23.1. The molecule has 1 aliphatic heterocycles. The fourth-order valence-electron chi connectivity index (χ4n) is 3.75. The fourth-order valence-corrected chi connectivity index (χ4v) is 4.91. The lowest BCUT2D eigenvalue weighted by Crippen LogP contribution is -2.44. The van der Waals surface area contributed by atoms with Crippen LogP contribution in [0.25, 0.3) is 6.08 Å². The average Bonchev–Trinajstić information content (AvgIpc) is 2.81. The molecule has 10 heteroatoms. The van der Waals surface area contributed by atoms with Gasteiger partial charge in [-0.2, -0.15) is 4.31 Å². The number of hydrogen-bond donors (Lipinski definition) is 2. The quantitative estimate of drug-likeness (QED) is 0.459. The standard InChI is InChI=1S/C22H29N5O4S/c1-17(8-9-18-6-4-3-5-7-18)27(32(2,30)31)16-19-10-12-26(13-11-19)22-23-14-20(15-24-22)21(28)25-29/h3-9,14-15,17,19,29H,10-13,16H2,1-2H3,(H,25,28)/b9-8+. The van der Waals surface area contributed by atoms with Crippen molar-refractivity contribution in [1.29, 1.82) is 0 Å². The molecule has 0 aliphatic carbocycles. The molecule has 0 saturated carbocycles. The Hall–Kier alpha value is -2.82. The molecular formula is C22H29N5O4S. The van der Waals surface area contributed by atoms with Gasteiger partial charge in [-0.15, -0.1) is 0 Å². The molecule has 1 aliphatic rings. The first kappa shape index (κ1) is 23.8. The first-order valence-electron chi connectivity index (χ1n) is 10.5. The van der Waals surface area contributed by atoms with Gasteiger partial charge in [0.15, 0.2) is 0 Å². The van der Waals surface area contributed by atoms with Crippen molar-refractivity contribution in [3.05, 3.63) is 59.9 Å². The van der Waals surface area contributed by atoms with E-state index >= 15 is 0 Å². The minimum Gasteiger partial charge on any atom is -0.341 e. The lowest BCUT2D eigenvalue weighted by atomic mass is 9.96. The predicted octanol–water partition coefficient (Wildman–Crippen LogP) is 2.18. The minimum atomic E-state index is -3.36. The number of carbonyl (C=O) groups is 1. The number of anilines is 1. The molecule has 0 radical (unpaired) electrons. The summed E-state index contributed by atoms with van der Waals surface area (Å²) in [6.07, 6.45) is 9.48. The Bertz CT molecular complexity index is 1020. The van der Waals surface area contributed by atoms with Crippen molar-refractivity contribution in [2.45, 2.75) is 25.8 Å². The summed E-state index contributed by atoms with van der Waals surface area (Å²) in [6.45, 7) is 3.75. The third-order valence-electron chi connectivity index (χ3n) is 5.58. The number of benzene rings is 1. The van der Waals surface area contributed by atoms with Gasteiger partial charge in [0.25, 0.3) is 5.91 Å². The molecule has 1 aromatic heterocycles. The molecule has 1 atom stereocenters. The van der Waals surface area contributed by atoms with E-state index in [1.165, 1.54) is 18.6 Å². The molecule has 1 fully saturated rings. The molecule has 3 rings (SSSR count). The number of amides is 1. The topological polar surface area (TPSA) is 116 Å². The first-order valence-corrected chi connectivity index (χ1v) is 12.3. The van der Waals surface area contributed by atoms with Crippen LogP contribution < -0.4 is 10.4 Å². The fraction of sp³-hybridized carbons (Fsp3) is 0.409. The van der Waals surface area contributed by atoms with Crippen molar-refractivity contribution < 1.29 is 18.4 Å². The second-order valence-electron chi connectivity index (χ2n) is 7.99. The van der Waals surface area contributed by atoms with E-state index in [2.05, 4.69) is 9.97 Å². The number of sulfonamides is 1. The third kappa shape index (κ3) is 6.35. The highest BCUT2D eigenvalue weighted by molar-refractivity contribution is 7.88. The van der Waals surface area contributed by atoms with Crippen molar-refractivity contribution in [3.63, 3.8) is 0 Å². The Kier molecular flexibility index (Phi) is 7.94. The van der Waals surface area contributed by atoms with E-state index in [9.17, 15) is 13.2 Å². The molecule has 2 aromatic rings. The number of nitrogens with zero attached hydrogens (tertiary/aromatic N) is 4. The van der Waals surface area contributed by atoms with Crippen LogP contribution in [-0.4, -0.2) is 65.7 Å². The van der Waals surface area contributed by atoms with Gasteiger partial charge in [0.2, 0.25) is 16.0 Å². The van der Waals surface area contributed by atoms with Crippen LogP contribution in [0.4, 0.5) is 5.95 Å². The molecule has 1 amide bonds. The van der Waals surface area contributed by atoms with Gasteiger partial charge in [0, 0.05) is 38.1 Å². The molecule has 9 nitrogen and oxygen atoms in total. The van der Waals surface area contributed by atoms with Crippen molar-refractivity contribution in [1.82, 2.24) is 19.8 Å². The van der Waals surface area contributed by atoms with Crippen LogP contribution in [0.15, 0.2) is 48.8 Å². The van der Waals surface area contributed by atoms with Crippen LogP contribution in [0.3, 0.4) is 0 Å². The Labute approximate surface area is 188 Å². The van der Waals surface area contributed by atoms with Gasteiger partial charge in [0.05, 0.1) is 11.8 Å². The van der Waals surface area contributed by atoms with Crippen LogP contribution in [0.1, 0.15) is 35.7 Å². The summed E-state index contributed by atoms with van der Waals surface area (Å²) in [4.78, 5) is 21.8. The van der Waals surface area contributed by atoms with Crippen molar-refractivity contribution in [2.24, 2.45) is 5.92 Å². The highest BCUT2D eigenvalue weighted by Crippen LogP contribution is 2.23. The monoisotopic (exact) mass is 459 g/mol. The molecule has 2 N–H and O–H groups in total. The molecule has 0 bridgehead atoms. The highest BCUT2D eigenvalue weighted by Gasteiger charge is 2.28. The Morgan fingerprint density at radius 3 is 2.44 bits per heavy atom. The molecular weight excluding hydrogens is 430 g/mol. The lowest BCUT2D eigenvalue weighted by Gasteiger charge is -2.35. The van der Waals surface area contributed by atoms with E-state index in [-0.39, 0.29) is 17.5 Å². The highest BCUT2D eigenvalue weighted by atomic mass is 32.2. The second-order valence-corrected chi connectivity index (χ2v) is 9.92. The summed E-state index contributed by atoms with van der Waals surface area (Å²) < 4.78 is 26.5. The Balaban J connectivity index is 1.59. The van der Waals surface area contributed by atoms with Crippen molar-refractivity contribution in [3.8, 4) is 0 Å². The number of piperidine rings is 1. The van der Waals surface area contributed by atoms with Crippen LogP contribution in [0, 0.1) is 5.92 Å². The van der Waals surface area contributed by atoms with Gasteiger partial charge in [-0.1, -0.05) is 42.5 Å². The SMILES string of the molecule is CC(/C=C/c1ccccc1)N(CC1CCN(c2ncc(C(=O)NO)cn2)CC1)S(C)(=O)=O. The van der Waals surface area contributed by atoms with Crippen LogP contribution in [-0.2, 0) is 10.0 Å². The zero-order valence-electron chi connectivity index (χ0n) is 18.3. The molecule has 1 unspecified atom stereocenters. The molecule has 1 aromatic carbocycles. The largest absolute Gasteiger partial charge is 0.341 e. The summed E-state index contributed by atoms with van der Waals surface area (Å²) in [6, 6.07) is 9.55. The van der Waals surface area contributed by atoms with Gasteiger partial charge < -0.3 is 4.90 Å². The zero-order valence-corrected chi connectivity index (χ0v) is 19.1. The van der Waals surface area contributed by atoms with Gasteiger partial charge in [-0.3, -0.25) is 10.0 Å². The van der Waals surface area contributed by atoms with E-state index in [0.29, 0.717) is 25.6 Å². The first-order chi connectivity index (χ1) is 15.3. The van der Waals surface area contributed by atoms with E-state index in [4.69, 9.17) is 5.21 Å². The summed E-state index contributed by atoms with van der Waals surface area (Å²) in [5.74, 6) is 0.0802. The second kappa shape index (κ2) is 10.7. The van der Waals surface area contributed by atoms with E-state index < -0.39 is 15.9 Å². The van der Waals surface area contributed by atoms with Crippen LogP contribution in [0.5, 0.6) is 0 Å². The minimum absolute atomic E-state index is 0.174. The van der Waals surface area contributed by atoms with Crippen LogP contribution >= 0.6 is 0 Å². The predicted molar refractivity (Wildman–Crippen MR) is 123 cm³/mol. The number of nitrogens with one attached hydrogen (secondary N) is 1. The summed E-state index contributed by atoms with van der Waals surface area (Å²) >= 11 is 0. The average molecular weight is 460 g/mol. The maximum atomic E-state index is 12.5. The lowest BCUT2D eigenvalue weighted by molar-refractivity contribution is 0.0705. The van der Waals surface area contributed by atoms with E-state index in [1.807, 2.05) is 54.3 Å². The van der Waals surface area contributed by atoms with Crippen molar-refractivity contribution in [2.75, 3.05) is 30.8 Å². The number of hydrogen-bond acceptors (Lipinski definition) is 7. The number of carbonyl (C=O) groups excluding carboxylic acids is 1. The van der Waals surface area contributed by atoms with Crippen LogP contribution in [0.2, 0.25) is 0 Å². The van der Waals surface area contributed by atoms with Gasteiger partial charge >= 0.3 is 0 Å². The normalized spacial score (nSPS) is 16.4. The van der Waals surface area contributed by atoms with Gasteiger partial charge in [0.1, 0.15) is 0 Å². The molecule has 0 spiro atoms. The molecule has 1 saturated heterocycles. The molecule has 172 valence electrons. The molecule has 2 heterocycles. The van der Waals surface area contributed by atoms with E-state index in [0.717, 1.165) is 18.4 Å². The molecule has 32 heavy (non-hydrogen) atoms. The number of hydroxylamine groups is 1. The maximum Gasteiger partial charge on any atom is 0.277 e. The number of aromatic nitrogens is 2. The van der Waals surface area contributed by atoms with Crippen molar-refractivity contribution >= 4 is 28.0 Å². The third-order valence-corrected chi connectivity index (χ3v) is 6.92. The van der Waals surface area contributed by atoms with E-state index in [1.54, 1.807) is 9.79 Å².